The SMILES string of the molecule is CCC(=O)OCCCCCCCCOc1ccc2cc(-c3cccc(C#N)c3)c(=O)oc2n1. The van der Waals surface area contributed by atoms with E-state index in [4.69, 9.17) is 19.2 Å². The van der Waals surface area contributed by atoms with Crippen molar-refractivity contribution >= 4 is 17.1 Å². The van der Waals surface area contributed by atoms with Crippen molar-refractivity contribution in [3.05, 3.63) is 58.4 Å². The van der Waals surface area contributed by atoms with E-state index in [9.17, 15) is 9.59 Å². The van der Waals surface area contributed by atoms with Crippen LogP contribution in [0, 0.1) is 11.3 Å². The molecule has 0 spiro atoms. The van der Waals surface area contributed by atoms with Gasteiger partial charge < -0.3 is 13.9 Å². The second kappa shape index (κ2) is 12.4. The van der Waals surface area contributed by atoms with E-state index < -0.39 is 5.63 Å². The van der Waals surface area contributed by atoms with Gasteiger partial charge in [0.1, 0.15) is 0 Å². The van der Waals surface area contributed by atoms with E-state index >= 15 is 0 Å². The highest BCUT2D eigenvalue weighted by atomic mass is 16.5. The summed E-state index contributed by atoms with van der Waals surface area (Å²) in [7, 11) is 0. The zero-order valence-corrected chi connectivity index (χ0v) is 18.8. The molecule has 0 radical (unpaired) electrons. The highest BCUT2D eigenvalue weighted by Gasteiger charge is 2.10. The predicted molar refractivity (Wildman–Crippen MR) is 125 cm³/mol. The van der Waals surface area contributed by atoms with Crippen LogP contribution < -0.4 is 10.4 Å². The van der Waals surface area contributed by atoms with Crippen molar-refractivity contribution in [3.8, 4) is 23.1 Å². The van der Waals surface area contributed by atoms with E-state index in [1.165, 1.54) is 0 Å². The van der Waals surface area contributed by atoms with E-state index in [2.05, 4.69) is 11.1 Å². The van der Waals surface area contributed by atoms with Gasteiger partial charge in [-0.2, -0.15) is 10.2 Å². The summed E-state index contributed by atoms with van der Waals surface area (Å²) in [4.78, 5) is 27.8. The molecule has 3 aromatic rings. The monoisotopic (exact) mass is 448 g/mol. The predicted octanol–water partition coefficient (Wildman–Crippen LogP) is 5.40. The Hall–Kier alpha value is -3.66. The minimum absolute atomic E-state index is 0.139. The van der Waals surface area contributed by atoms with Crippen LogP contribution in [0.25, 0.3) is 22.2 Å². The maximum absolute atomic E-state index is 12.5. The lowest BCUT2D eigenvalue weighted by Crippen LogP contribution is -2.05. The zero-order valence-electron chi connectivity index (χ0n) is 18.8. The van der Waals surface area contributed by atoms with Crippen molar-refractivity contribution in [3.63, 3.8) is 0 Å². The standard InChI is InChI=1S/C26H28N2O5/c1-2-24(29)32-15-8-6-4-3-5-7-14-31-23-13-12-21-17-22(26(30)33-25(21)28-23)20-11-9-10-19(16-20)18-27/h9-13,16-17H,2-8,14-15H2,1H3. The van der Waals surface area contributed by atoms with Crippen LogP contribution >= 0.6 is 0 Å². The molecule has 33 heavy (non-hydrogen) atoms. The second-order valence-electron chi connectivity index (χ2n) is 7.73. The molecule has 0 saturated heterocycles. The number of carbonyl (C=O) groups is 1. The third-order valence-electron chi connectivity index (χ3n) is 5.22. The lowest BCUT2D eigenvalue weighted by atomic mass is 10.0. The Morgan fingerprint density at radius 2 is 1.79 bits per heavy atom. The maximum atomic E-state index is 12.5. The van der Waals surface area contributed by atoms with Gasteiger partial charge in [-0.15, -0.1) is 0 Å². The molecule has 172 valence electrons. The summed E-state index contributed by atoms with van der Waals surface area (Å²) in [5.41, 5.74) is 1.21. The number of rotatable bonds is 12. The minimum atomic E-state index is -0.508. The summed E-state index contributed by atoms with van der Waals surface area (Å²) in [6, 6.07) is 14.2. The molecule has 0 amide bonds. The molecule has 0 N–H and O–H groups in total. The van der Waals surface area contributed by atoms with Gasteiger partial charge in [0.05, 0.1) is 30.4 Å². The van der Waals surface area contributed by atoms with Gasteiger partial charge in [-0.25, -0.2) is 4.79 Å². The van der Waals surface area contributed by atoms with Gasteiger partial charge >= 0.3 is 11.6 Å². The van der Waals surface area contributed by atoms with Gasteiger partial charge in [0, 0.05) is 17.9 Å². The van der Waals surface area contributed by atoms with Crippen LogP contribution in [-0.2, 0) is 9.53 Å². The largest absolute Gasteiger partial charge is 0.478 e. The molecule has 0 aliphatic heterocycles. The summed E-state index contributed by atoms with van der Waals surface area (Å²) in [5, 5.41) is 9.76. The molecule has 2 aromatic heterocycles. The summed E-state index contributed by atoms with van der Waals surface area (Å²) in [6.07, 6.45) is 6.53. The van der Waals surface area contributed by atoms with Gasteiger partial charge in [-0.05, 0) is 42.7 Å². The molecule has 0 saturated carbocycles. The molecule has 3 rings (SSSR count). The van der Waals surface area contributed by atoms with E-state index in [1.807, 2.05) is 6.07 Å². The number of benzene rings is 1. The Morgan fingerprint density at radius 1 is 1.03 bits per heavy atom. The number of pyridine rings is 1. The van der Waals surface area contributed by atoms with Crippen LogP contribution in [0.15, 0.2) is 51.7 Å². The Balaban J connectivity index is 1.45. The normalized spacial score (nSPS) is 10.7. The molecule has 0 unspecified atom stereocenters. The lowest BCUT2D eigenvalue weighted by Gasteiger charge is -2.07. The number of nitrogens with zero attached hydrogens (tertiary/aromatic N) is 2. The molecule has 0 aliphatic carbocycles. The quantitative estimate of drug-likeness (QED) is 0.270. The average molecular weight is 449 g/mol. The number of ether oxygens (including phenoxy) is 2. The number of aromatic nitrogens is 1. The fraction of sp³-hybridized carbons (Fsp3) is 0.385. The smallest absolute Gasteiger partial charge is 0.345 e. The lowest BCUT2D eigenvalue weighted by molar-refractivity contribution is -0.143. The van der Waals surface area contributed by atoms with Gasteiger partial charge in [0.15, 0.2) is 0 Å². The molecule has 2 heterocycles. The fourth-order valence-corrected chi connectivity index (χ4v) is 3.40. The third-order valence-corrected chi connectivity index (χ3v) is 5.22. The molecule has 0 fully saturated rings. The fourth-order valence-electron chi connectivity index (χ4n) is 3.40. The van der Waals surface area contributed by atoms with Gasteiger partial charge in [0.2, 0.25) is 11.6 Å². The van der Waals surface area contributed by atoms with Crippen molar-refractivity contribution in [1.82, 2.24) is 4.98 Å². The van der Waals surface area contributed by atoms with Crippen molar-refractivity contribution in [2.75, 3.05) is 13.2 Å². The highest BCUT2D eigenvalue weighted by molar-refractivity contribution is 5.79. The number of nitriles is 1. The number of unbranched alkanes of at least 4 members (excludes halogenated alkanes) is 5. The molecule has 0 atom stereocenters. The number of esters is 1. The second-order valence-corrected chi connectivity index (χ2v) is 7.73. The van der Waals surface area contributed by atoms with Crippen LogP contribution in [0.2, 0.25) is 0 Å². The number of hydrogen-bond acceptors (Lipinski definition) is 7. The molecule has 0 bridgehead atoms. The average Bonchev–Trinajstić information content (AvgIpc) is 2.84. The zero-order chi connectivity index (χ0) is 23.5. The van der Waals surface area contributed by atoms with Gasteiger partial charge in [-0.3, -0.25) is 4.79 Å². The maximum Gasteiger partial charge on any atom is 0.345 e. The van der Waals surface area contributed by atoms with Crippen molar-refractivity contribution in [2.45, 2.75) is 51.9 Å². The van der Waals surface area contributed by atoms with Crippen molar-refractivity contribution in [2.24, 2.45) is 0 Å². The van der Waals surface area contributed by atoms with E-state index in [0.29, 0.717) is 47.6 Å². The van der Waals surface area contributed by atoms with Gasteiger partial charge in [-0.1, -0.05) is 44.7 Å². The van der Waals surface area contributed by atoms with E-state index in [1.54, 1.807) is 43.3 Å². The Kier molecular flexibility index (Phi) is 9.01. The van der Waals surface area contributed by atoms with Crippen LogP contribution in [0.3, 0.4) is 0 Å². The topological polar surface area (TPSA) is 102 Å². The summed E-state index contributed by atoms with van der Waals surface area (Å²) >= 11 is 0. The minimum Gasteiger partial charge on any atom is -0.478 e. The first-order valence-electron chi connectivity index (χ1n) is 11.3. The number of fused-ring (bicyclic) bond motifs is 1. The molecule has 7 nitrogen and oxygen atoms in total. The van der Waals surface area contributed by atoms with E-state index in [0.717, 1.165) is 38.5 Å². The summed E-state index contributed by atoms with van der Waals surface area (Å²) < 4.78 is 16.2. The number of hydrogen-bond donors (Lipinski definition) is 0. The molecular formula is C26H28N2O5. The van der Waals surface area contributed by atoms with Crippen LogP contribution in [-0.4, -0.2) is 24.2 Å². The van der Waals surface area contributed by atoms with Crippen LogP contribution in [0.1, 0.15) is 57.4 Å². The Bertz CT molecular complexity index is 1180. The van der Waals surface area contributed by atoms with Crippen LogP contribution in [0.4, 0.5) is 0 Å². The molecular weight excluding hydrogens is 420 g/mol. The summed E-state index contributed by atoms with van der Waals surface area (Å²) in [6.45, 7) is 2.84. The Labute approximate surface area is 193 Å². The van der Waals surface area contributed by atoms with Crippen LogP contribution in [0.5, 0.6) is 5.88 Å². The summed E-state index contributed by atoms with van der Waals surface area (Å²) in [5.74, 6) is 0.280. The van der Waals surface area contributed by atoms with Crippen molar-refractivity contribution in [1.29, 1.82) is 5.26 Å². The molecule has 7 heteroatoms. The highest BCUT2D eigenvalue weighted by Crippen LogP contribution is 2.23. The van der Waals surface area contributed by atoms with Gasteiger partial charge in [0.25, 0.3) is 0 Å². The first-order chi connectivity index (χ1) is 16.1. The first kappa shape index (κ1) is 24.0. The molecule has 0 aliphatic rings. The first-order valence-corrected chi connectivity index (χ1v) is 11.3. The Morgan fingerprint density at radius 3 is 2.55 bits per heavy atom. The molecule has 1 aromatic carbocycles. The van der Waals surface area contributed by atoms with E-state index in [-0.39, 0.29) is 11.7 Å². The third kappa shape index (κ3) is 7.18. The number of carbonyl (C=O) groups excluding carboxylic acids is 1. The van der Waals surface area contributed by atoms with Crippen molar-refractivity contribution < 1.29 is 18.7 Å².